The van der Waals surface area contributed by atoms with Crippen molar-refractivity contribution in [3.05, 3.63) is 97.1 Å². The minimum Gasteiger partial charge on any atom is -0.423 e. The van der Waals surface area contributed by atoms with Crippen LogP contribution >= 0.6 is 0 Å². The van der Waals surface area contributed by atoms with Gasteiger partial charge in [-0.25, -0.2) is 19.7 Å². The number of carbonyl (C=O) groups excluding carboxylic acids is 1. The van der Waals surface area contributed by atoms with Crippen LogP contribution in [0.3, 0.4) is 0 Å². The van der Waals surface area contributed by atoms with E-state index in [4.69, 9.17) is 4.74 Å². The number of aromatic nitrogens is 3. The molecule has 0 N–H and O–H groups in total. The Hall–Kier alpha value is -4.12. The van der Waals surface area contributed by atoms with Crippen LogP contribution in [0.2, 0.25) is 0 Å². The number of hydrogen-bond acceptors (Lipinski definition) is 5. The van der Waals surface area contributed by atoms with E-state index in [0.29, 0.717) is 28.8 Å². The highest BCUT2D eigenvalue weighted by molar-refractivity contribution is 5.88. The fraction of sp³-hybridized carbons (Fsp3) is 0.0400. The molecule has 1 aromatic heterocycles. The van der Waals surface area contributed by atoms with Crippen molar-refractivity contribution in [2.75, 3.05) is 0 Å². The van der Waals surface area contributed by atoms with E-state index >= 15 is 0 Å². The van der Waals surface area contributed by atoms with Gasteiger partial charge in [0.2, 0.25) is 0 Å². The molecule has 0 radical (unpaired) electrons. The van der Waals surface area contributed by atoms with Crippen LogP contribution in [0.15, 0.2) is 97.1 Å². The topological polar surface area (TPSA) is 65.0 Å². The van der Waals surface area contributed by atoms with E-state index in [9.17, 15) is 4.79 Å². The summed E-state index contributed by atoms with van der Waals surface area (Å²) in [5, 5.41) is 0. The Bertz CT molecular complexity index is 1130. The third-order valence-corrected chi connectivity index (χ3v) is 4.37. The molecule has 0 bridgehead atoms. The minimum absolute atomic E-state index is 0.344. The van der Waals surface area contributed by atoms with Gasteiger partial charge in [0.1, 0.15) is 5.75 Å². The van der Waals surface area contributed by atoms with Gasteiger partial charge in [-0.15, -0.1) is 0 Å². The molecule has 0 saturated carbocycles. The second-order valence-corrected chi connectivity index (χ2v) is 6.73. The maximum atomic E-state index is 11.7. The molecule has 30 heavy (non-hydrogen) atoms. The summed E-state index contributed by atoms with van der Waals surface area (Å²) in [7, 11) is 0. The SMILES string of the molecule is C=C(C)C(=O)Oc1ccc(-c2nc(-c3ccccc3)nc(-c3ccccc3)n2)cc1. The Kier molecular flexibility index (Phi) is 5.44. The summed E-state index contributed by atoms with van der Waals surface area (Å²) in [5.74, 6) is 1.71. The lowest BCUT2D eigenvalue weighted by atomic mass is 10.1. The van der Waals surface area contributed by atoms with Crippen molar-refractivity contribution >= 4 is 5.97 Å². The fourth-order valence-electron chi connectivity index (χ4n) is 2.80. The van der Waals surface area contributed by atoms with Crippen molar-refractivity contribution < 1.29 is 9.53 Å². The average molecular weight is 393 g/mol. The molecule has 0 saturated heterocycles. The summed E-state index contributed by atoms with van der Waals surface area (Å²) >= 11 is 0. The molecule has 146 valence electrons. The van der Waals surface area contributed by atoms with E-state index in [2.05, 4.69) is 21.5 Å². The van der Waals surface area contributed by atoms with Crippen LogP contribution in [0.1, 0.15) is 6.92 Å². The molecule has 4 aromatic rings. The number of esters is 1. The van der Waals surface area contributed by atoms with E-state index in [1.165, 1.54) is 0 Å². The number of benzene rings is 3. The van der Waals surface area contributed by atoms with Crippen molar-refractivity contribution in [2.24, 2.45) is 0 Å². The Morgan fingerprint density at radius 1 is 0.667 bits per heavy atom. The average Bonchev–Trinajstić information content (AvgIpc) is 2.80. The molecule has 0 aliphatic heterocycles. The first kappa shape index (κ1) is 19.2. The number of hydrogen-bond donors (Lipinski definition) is 0. The maximum absolute atomic E-state index is 11.7. The van der Waals surface area contributed by atoms with Gasteiger partial charge in [-0.2, -0.15) is 0 Å². The molecule has 1 heterocycles. The Balaban J connectivity index is 1.75. The van der Waals surface area contributed by atoms with E-state index in [1.54, 1.807) is 19.1 Å². The smallest absolute Gasteiger partial charge is 0.338 e. The van der Waals surface area contributed by atoms with Crippen molar-refractivity contribution in [3.8, 4) is 39.9 Å². The summed E-state index contributed by atoms with van der Waals surface area (Å²) in [4.78, 5) is 25.7. The first-order valence-corrected chi connectivity index (χ1v) is 9.45. The number of carbonyl (C=O) groups is 1. The molecule has 0 spiro atoms. The predicted octanol–water partition coefficient (Wildman–Crippen LogP) is 5.35. The lowest BCUT2D eigenvalue weighted by Gasteiger charge is -2.09. The second kappa shape index (κ2) is 8.49. The maximum Gasteiger partial charge on any atom is 0.338 e. The molecule has 0 aliphatic rings. The minimum atomic E-state index is -0.458. The van der Waals surface area contributed by atoms with Crippen molar-refractivity contribution in [3.63, 3.8) is 0 Å². The molecule has 4 rings (SSSR count). The fourth-order valence-corrected chi connectivity index (χ4v) is 2.80. The molecule has 3 aromatic carbocycles. The molecule has 0 unspecified atom stereocenters. The third kappa shape index (κ3) is 4.31. The zero-order chi connectivity index (χ0) is 20.9. The molecule has 5 heteroatoms. The van der Waals surface area contributed by atoms with Crippen molar-refractivity contribution in [1.29, 1.82) is 0 Å². The van der Waals surface area contributed by atoms with Crippen LogP contribution in [0.4, 0.5) is 0 Å². The van der Waals surface area contributed by atoms with Crippen LogP contribution in [0.5, 0.6) is 5.75 Å². The van der Waals surface area contributed by atoms with Gasteiger partial charge >= 0.3 is 5.97 Å². The zero-order valence-electron chi connectivity index (χ0n) is 16.4. The van der Waals surface area contributed by atoms with Crippen LogP contribution in [-0.4, -0.2) is 20.9 Å². The van der Waals surface area contributed by atoms with Gasteiger partial charge in [-0.05, 0) is 31.2 Å². The molecule has 0 aliphatic carbocycles. The van der Waals surface area contributed by atoms with Crippen molar-refractivity contribution in [2.45, 2.75) is 6.92 Å². The van der Waals surface area contributed by atoms with Crippen LogP contribution in [0.25, 0.3) is 34.2 Å². The summed E-state index contributed by atoms with van der Waals surface area (Å²) < 4.78 is 5.26. The Morgan fingerprint density at radius 2 is 1.07 bits per heavy atom. The summed E-state index contributed by atoms with van der Waals surface area (Å²) in [6, 6.07) is 26.6. The predicted molar refractivity (Wildman–Crippen MR) is 117 cm³/mol. The lowest BCUT2D eigenvalue weighted by Crippen LogP contribution is -2.08. The normalized spacial score (nSPS) is 10.4. The quantitative estimate of drug-likeness (QED) is 0.260. The summed E-state index contributed by atoms with van der Waals surface area (Å²) in [6.45, 7) is 5.20. The van der Waals surface area contributed by atoms with E-state index in [0.717, 1.165) is 16.7 Å². The molecule has 5 nitrogen and oxygen atoms in total. The van der Waals surface area contributed by atoms with Crippen molar-refractivity contribution in [1.82, 2.24) is 15.0 Å². The molecular formula is C25H19N3O2. The second-order valence-electron chi connectivity index (χ2n) is 6.73. The van der Waals surface area contributed by atoms with Crippen LogP contribution < -0.4 is 4.74 Å². The molecule has 0 fully saturated rings. The van der Waals surface area contributed by atoms with Gasteiger partial charge in [-0.3, -0.25) is 0 Å². The van der Waals surface area contributed by atoms with Crippen LogP contribution in [0, 0.1) is 0 Å². The van der Waals surface area contributed by atoms with Gasteiger partial charge < -0.3 is 4.74 Å². The van der Waals surface area contributed by atoms with Crippen LogP contribution in [-0.2, 0) is 4.79 Å². The summed E-state index contributed by atoms with van der Waals surface area (Å²) in [5.41, 5.74) is 2.95. The van der Waals surface area contributed by atoms with Gasteiger partial charge in [0.15, 0.2) is 17.5 Å². The molecule has 0 amide bonds. The first-order chi connectivity index (χ1) is 14.6. The first-order valence-electron chi connectivity index (χ1n) is 9.45. The number of rotatable bonds is 5. The molecular weight excluding hydrogens is 374 g/mol. The van der Waals surface area contributed by atoms with Gasteiger partial charge in [0.25, 0.3) is 0 Å². The van der Waals surface area contributed by atoms with E-state index in [1.807, 2.05) is 72.8 Å². The number of ether oxygens (including phenoxy) is 1. The van der Waals surface area contributed by atoms with E-state index < -0.39 is 5.97 Å². The van der Waals surface area contributed by atoms with Gasteiger partial charge in [-0.1, -0.05) is 67.2 Å². The highest BCUT2D eigenvalue weighted by Gasteiger charge is 2.12. The zero-order valence-corrected chi connectivity index (χ0v) is 16.4. The lowest BCUT2D eigenvalue weighted by molar-refractivity contribution is -0.130. The Morgan fingerprint density at radius 3 is 1.47 bits per heavy atom. The van der Waals surface area contributed by atoms with E-state index in [-0.39, 0.29) is 0 Å². The third-order valence-electron chi connectivity index (χ3n) is 4.37. The van der Waals surface area contributed by atoms with Gasteiger partial charge in [0.05, 0.1) is 0 Å². The largest absolute Gasteiger partial charge is 0.423 e. The molecule has 0 atom stereocenters. The summed E-state index contributed by atoms with van der Waals surface area (Å²) in [6.07, 6.45) is 0. The highest BCUT2D eigenvalue weighted by atomic mass is 16.5. The Labute approximate surface area is 174 Å². The standard InChI is InChI=1S/C25H19N3O2/c1-17(2)25(29)30-21-15-13-20(14-16-21)24-27-22(18-9-5-3-6-10-18)26-23(28-24)19-11-7-4-8-12-19/h3-16H,1H2,2H3. The van der Waals surface area contributed by atoms with Gasteiger partial charge in [0, 0.05) is 22.3 Å². The number of nitrogens with zero attached hydrogens (tertiary/aromatic N) is 3. The monoisotopic (exact) mass is 393 g/mol. The highest BCUT2D eigenvalue weighted by Crippen LogP contribution is 2.25.